The summed E-state index contributed by atoms with van der Waals surface area (Å²) in [4.78, 5) is 0. The molecular formula is C24H30Cl2O2Si2Zr-2. The fraction of sp³-hybridized carbons (Fsp3) is 0.250. The molecule has 0 aliphatic heterocycles. The van der Waals surface area contributed by atoms with Crippen LogP contribution in [0.2, 0.25) is 32.7 Å². The second-order valence-electron chi connectivity index (χ2n) is 7.99. The first kappa shape index (κ1) is 30.2. The fourth-order valence-electron chi connectivity index (χ4n) is 2.87. The minimum Gasteiger partial charge on any atom is -1.00 e. The van der Waals surface area contributed by atoms with E-state index in [0.717, 1.165) is 11.5 Å². The van der Waals surface area contributed by atoms with Gasteiger partial charge in [0, 0.05) is 11.5 Å². The Kier molecular flexibility index (Phi) is 13.9. The third kappa shape index (κ3) is 10.1. The van der Waals surface area contributed by atoms with Crippen LogP contribution in [-0.2, 0) is 23.3 Å². The number of hydrogen-bond acceptors (Lipinski definition) is 2. The van der Waals surface area contributed by atoms with Crippen LogP contribution in [0.5, 0.6) is 11.5 Å². The van der Waals surface area contributed by atoms with E-state index in [-0.39, 0.29) is 30.2 Å². The number of methoxy groups -OCH3 is 1. The van der Waals surface area contributed by atoms with E-state index < -0.39 is 8.32 Å². The van der Waals surface area contributed by atoms with E-state index >= 15 is 0 Å². The second kappa shape index (κ2) is 14.3. The van der Waals surface area contributed by atoms with Crippen LogP contribution >= 0.6 is 0 Å². The SMILES string of the molecule is CO[c-]1cccc1O[Si](C)(C)C.C[Si](C)=[Zr+2].[Cl-].[Cl-].c1ccc2c(c1)[cH-]c1ccccc12. The molecule has 2 nitrogen and oxygen atoms in total. The molecule has 166 valence electrons. The third-order valence-electron chi connectivity index (χ3n) is 3.90. The first-order chi connectivity index (χ1) is 13.7. The first-order valence-corrected chi connectivity index (χ1v) is 19.3. The van der Waals surface area contributed by atoms with Gasteiger partial charge in [-0.1, -0.05) is 36.4 Å². The van der Waals surface area contributed by atoms with Gasteiger partial charge < -0.3 is 34.0 Å². The molecule has 4 rings (SSSR count). The van der Waals surface area contributed by atoms with Crippen molar-refractivity contribution < 1.29 is 57.3 Å². The largest absolute Gasteiger partial charge is 1.00 e. The van der Waals surface area contributed by atoms with Gasteiger partial charge in [0.05, 0.1) is 7.11 Å². The maximum Gasteiger partial charge on any atom is -0.0771 e. The quantitative estimate of drug-likeness (QED) is 0.273. The van der Waals surface area contributed by atoms with Crippen molar-refractivity contribution in [1.82, 2.24) is 0 Å². The van der Waals surface area contributed by atoms with Crippen LogP contribution in [0.15, 0.2) is 72.8 Å². The fourth-order valence-corrected chi connectivity index (χ4v) is 3.70. The van der Waals surface area contributed by atoms with Crippen molar-refractivity contribution in [2.45, 2.75) is 32.7 Å². The van der Waals surface area contributed by atoms with Gasteiger partial charge in [0.15, 0.2) is 0 Å². The van der Waals surface area contributed by atoms with Gasteiger partial charge in [-0.25, -0.2) is 6.07 Å². The van der Waals surface area contributed by atoms with Gasteiger partial charge in [-0.3, -0.25) is 0 Å². The van der Waals surface area contributed by atoms with E-state index in [0.29, 0.717) is 0 Å². The smallest absolute Gasteiger partial charge is 0.0771 e. The standard InChI is InChI=1S/C13H9.C9H15O2Si.C2H6Si.2ClH.Zr/c1-3-7-12-10(5-1)9-11-6-2-4-8-13(11)12;1-10-8-6-5-7-9(8)11-12(2,3)4;1-3-2;;;/h1-9H;5-7H,1-4H3;1-2H3;2*1H;/q2*-1;;;;+2/p-2. The Hall–Kier alpha value is -0.843. The van der Waals surface area contributed by atoms with Crippen LogP contribution in [0.4, 0.5) is 0 Å². The van der Waals surface area contributed by atoms with Gasteiger partial charge >= 0.3 is 41.9 Å². The average Bonchev–Trinajstić information content (AvgIpc) is 3.24. The van der Waals surface area contributed by atoms with E-state index in [1.165, 1.54) is 21.5 Å². The zero-order valence-electron chi connectivity index (χ0n) is 19.0. The number of halogens is 2. The van der Waals surface area contributed by atoms with Gasteiger partial charge in [-0.15, -0.1) is 45.8 Å². The Labute approximate surface area is 215 Å². The summed E-state index contributed by atoms with van der Waals surface area (Å²) in [7, 11) is 0.170. The van der Waals surface area contributed by atoms with Crippen molar-refractivity contribution in [3.05, 3.63) is 72.8 Å². The number of ether oxygens (including phenoxy) is 1. The Balaban J connectivity index is 0.000000473. The molecular weight excluding hydrogens is 539 g/mol. The molecule has 0 saturated heterocycles. The minimum absolute atomic E-state index is 0. The Morgan fingerprint density at radius 2 is 1.29 bits per heavy atom. The van der Waals surface area contributed by atoms with E-state index in [2.05, 4.69) is 87.3 Å². The molecule has 0 aliphatic carbocycles. The van der Waals surface area contributed by atoms with Crippen molar-refractivity contribution in [1.29, 1.82) is 0 Å². The summed E-state index contributed by atoms with van der Waals surface area (Å²) in [6.45, 7) is 11.1. The van der Waals surface area contributed by atoms with Crippen molar-refractivity contribution in [3.8, 4) is 11.5 Å². The van der Waals surface area contributed by atoms with Crippen molar-refractivity contribution in [3.63, 3.8) is 0 Å². The molecule has 0 bridgehead atoms. The monoisotopic (exact) mass is 566 g/mol. The molecule has 4 aromatic rings. The molecule has 0 radical (unpaired) electrons. The molecule has 0 fully saturated rings. The molecule has 0 amide bonds. The van der Waals surface area contributed by atoms with Crippen LogP contribution < -0.4 is 34.0 Å². The minimum atomic E-state index is -1.49. The molecule has 4 aromatic carbocycles. The maximum atomic E-state index is 5.78. The molecule has 7 heteroatoms. The number of hydrogen-bond donors (Lipinski definition) is 0. The van der Waals surface area contributed by atoms with Crippen LogP contribution in [0.25, 0.3) is 21.5 Å². The van der Waals surface area contributed by atoms with Gasteiger partial charge in [0.25, 0.3) is 0 Å². The molecule has 0 unspecified atom stereocenters. The zero-order valence-corrected chi connectivity index (χ0v) is 25.0. The summed E-state index contributed by atoms with van der Waals surface area (Å²) in [5.41, 5.74) is 0.210. The number of rotatable bonds is 3. The normalized spacial score (nSPS) is 9.94. The zero-order chi connectivity index (χ0) is 21.4. The topological polar surface area (TPSA) is 18.5 Å². The predicted octanol–water partition coefficient (Wildman–Crippen LogP) is 1.13. The average molecular weight is 569 g/mol. The van der Waals surface area contributed by atoms with Crippen LogP contribution in [0.3, 0.4) is 0 Å². The summed E-state index contributed by atoms with van der Waals surface area (Å²) < 4.78 is 10.9. The van der Waals surface area contributed by atoms with Crippen molar-refractivity contribution in [2.75, 3.05) is 7.11 Å². The predicted molar refractivity (Wildman–Crippen MR) is 127 cm³/mol. The summed E-state index contributed by atoms with van der Waals surface area (Å²) in [6.07, 6.45) is 0. The summed E-state index contributed by atoms with van der Waals surface area (Å²) in [5, 5.41) is 5.39. The van der Waals surface area contributed by atoms with Gasteiger partial charge in [-0.05, 0) is 19.6 Å². The van der Waals surface area contributed by atoms with Crippen molar-refractivity contribution in [2.24, 2.45) is 0 Å². The Morgan fingerprint density at radius 1 is 0.839 bits per heavy atom. The summed E-state index contributed by atoms with van der Waals surface area (Å²) in [6, 6.07) is 25.1. The molecule has 0 atom stereocenters. The molecule has 0 saturated carbocycles. The summed E-state index contributed by atoms with van der Waals surface area (Å²) in [5.74, 6) is 1.70. The molecule has 0 heterocycles. The molecule has 0 spiro atoms. The second-order valence-corrected chi connectivity index (χ2v) is 21.8. The van der Waals surface area contributed by atoms with E-state index in [1.807, 2.05) is 18.2 Å². The van der Waals surface area contributed by atoms with E-state index in [4.69, 9.17) is 9.16 Å². The Bertz CT molecular complexity index is 1010. The number of fused-ring (bicyclic) bond motifs is 3. The number of benzene rings is 2. The van der Waals surface area contributed by atoms with E-state index in [9.17, 15) is 0 Å². The third-order valence-corrected chi connectivity index (χ3v) is 4.73. The van der Waals surface area contributed by atoms with Gasteiger partial charge in [0.2, 0.25) is 8.32 Å². The summed E-state index contributed by atoms with van der Waals surface area (Å²) >= 11 is 1.74. The molecule has 31 heavy (non-hydrogen) atoms. The molecule has 0 aliphatic rings. The van der Waals surface area contributed by atoms with Gasteiger partial charge in [0.1, 0.15) is 0 Å². The Morgan fingerprint density at radius 3 is 1.71 bits per heavy atom. The van der Waals surface area contributed by atoms with Gasteiger partial charge in [-0.2, -0.15) is 6.07 Å². The van der Waals surface area contributed by atoms with Crippen molar-refractivity contribution >= 4 is 35.3 Å². The first-order valence-electron chi connectivity index (χ1n) is 9.75. The van der Waals surface area contributed by atoms with E-state index in [1.54, 1.807) is 30.4 Å². The molecule has 0 aromatic heterocycles. The van der Waals surface area contributed by atoms with Crippen LogP contribution in [0.1, 0.15) is 0 Å². The van der Waals surface area contributed by atoms with Crippen LogP contribution in [0, 0.1) is 0 Å². The molecule has 0 N–H and O–H groups in total. The van der Waals surface area contributed by atoms with Crippen LogP contribution in [-0.4, -0.2) is 20.9 Å². The maximum absolute atomic E-state index is 5.78.